The maximum atomic E-state index is 14.4. The largest absolute Gasteiger partial charge is 0.480 e. The molecule has 2 saturated heterocycles. The summed E-state index contributed by atoms with van der Waals surface area (Å²) in [6.45, 7) is 17.3. The predicted molar refractivity (Wildman–Crippen MR) is 220 cm³/mol. The summed E-state index contributed by atoms with van der Waals surface area (Å²) in [5.41, 5.74) is 0.804. The van der Waals surface area contributed by atoms with Crippen LogP contribution in [0.1, 0.15) is 79.7 Å². The molecule has 0 bridgehead atoms. The van der Waals surface area contributed by atoms with Crippen molar-refractivity contribution in [3.05, 3.63) is 35.9 Å². The second-order valence-electron chi connectivity index (χ2n) is 16.8. The third-order valence-electron chi connectivity index (χ3n) is 12.3. The third kappa shape index (κ3) is 12.2. The molecule has 57 heavy (non-hydrogen) atoms. The number of hydrogen-bond acceptors (Lipinski definition) is 9. The van der Waals surface area contributed by atoms with Gasteiger partial charge in [0.05, 0.1) is 42.7 Å². The lowest BCUT2D eigenvalue weighted by molar-refractivity contribution is -0.154. The summed E-state index contributed by atoms with van der Waals surface area (Å²) >= 11 is 0. The minimum absolute atomic E-state index is 0.00637. The van der Waals surface area contributed by atoms with Crippen molar-refractivity contribution in [2.45, 2.75) is 123 Å². The number of carboxylic acid groups (broad SMARTS) is 1. The standard InChI is InChI=1S/C43H72N6O8/c1-12-29(6)38(47(9)42(53)36(27(2)3)45-40(51)37(28(4)5)48-23-20-44-21-24-48)34(56-10)26-35(50)49-22-16-19-32(49)39(57-11)30(7)41(52)46(8)33(43(54)55)25-31-17-14-13-15-18-31/h13-15,17-18,27-30,32-34,36-39,44H,12,16,19-26H2,1-11H3,(H,45,51)(H,54,55)/t29-,30+,32-,33-,34?,36-,37-,38-,39+/m0/s1. The number of carboxylic acids is 1. The maximum Gasteiger partial charge on any atom is 0.326 e. The number of methoxy groups -OCH3 is 2. The number of carbonyl (C=O) groups excluding carboxylic acids is 4. The Bertz CT molecular complexity index is 1460. The highest BCUT2D eigenvalue weighted by Gasteiger charge is 2.44. The van der Waals surface area contributed by atoms with Crippen LogP contribution in [-0.4, -0.2) is 158 Å². The van der Waals surface area contributed by atoms with Gasteiger partial charge in [-0.1, -0.05) is 85.2 Å². The van der Waals surface area contributed by atoms with Crippen molar-refractivity contribution in [2.75, 3.05) is 61.0 Å². The van der Waals surface area contributed by atoms with Gasteiger partial charge in [-0.25, -0.2) is 4.79 Å². The fraction of sp³-hybridized carbons (Fsp3) is 0.744. The van der Waals surface area contributed by atoms with E-state index in [1.165, 1.54) is 19.1 Å². The zero-order valence-electron chi connectivity index (χ0n) is 36.4. The first-order valence-electron chi connectivity index (χ1n) is 20.9. The normalized spacial score (nSPS) is 20.6. The number of rotatable bonds is 21. The zero-order valence-corrected chi connectivity index (χ0v) is 36.4. The molecular weight excluding hydrogens is 729 g/mol. The van der Waals surface area contributed by atoms with E-state index in [0.29, 0.717) is 19.4 Å². The average Bonchev–Trinajstić information content (AvgIpc) is 3.68. The summed E-state index contributed by atoms with van der Waals surface area (Å²) in [6, 6.07) is 6.08. The molecule has 2 aliphatic heterocycles. The van der Waals surface area contributed by atoms with E-state index in [1.807, 2.05) is 71.9 Å². The highest BCUT2D eigenvalue weighted by Crippen LogP contribution is 2.30. The molecule has 14 heteroatoms. The number of nitrogens with one attached hydrogen (secondary N) is 2. The van der Waals surface area contributed by atoms with Crippen LogP contribution in [0.2, 0.25) is 0 Å². The lowest BCUT2D eigenvalue weighted by Crippen LogP contribution is -2.61. The van der Waals surface area contributed by atoms with E-state index in [2.05, 4.69) is 15.5 Å². The Kier molecular flexibility index (Phi) is 18.9. The van der Waals surface area contributed by atoms with E-state index < -0.39 is 48.3 Å². The van der Waals surface area contributed by atoms with Crippen LogP contribution in [0.3, 0.4) is 0 Å². The Hall–Kier alpha value is -3.59. The number of aliphatic carboxylic acids is 1. The summed E-state index contributed by atoms with van der Waals surface area (Å²) in [6.07, 6.45) is 0.862. The Morgan fingerprint density at radius 3 is 2.05 bits per heavy atom. The number of carbonyl (C=O) groups is 5. The highest BCUT2D eigenvalue weighted by molar-refractivity contribution is 5.90. The number of likely N-dealkylation sites (N-methyl/N-ethyl adjacent to an activating group) is 2. The summed E-state index contributed by atoms with van der Waals surface area (Å²) in [5.74, 6) is -2.97. The fourth-order valence-corrected chi connectivity index (χ4v) is 8.82. The van der Waals surface area contributed by atoms with Gasteiger partial charge in [0.2, 0.25) is 23.6 Å². The van der Waals surface area contributed by atoms with E-state index in [-0.39, 0.29) is 60.3 Å². The molecule has 0 saturated carbocycles. The molecule has 0 radical (unpaired) electrons. The van der Waals surface area contributed by atoms with Crippen LogP contribution < -0.4 is 10.6 Å². The van der Waals surface area contributed by atoms with Crippen LogP contribution in [0, 0.1) is 23.7 Å². The predicted octanol–water partition coefficient (Wildman–Crippen LogP) is 3.13. The Balaban J connectivity index is 1.79. The van der Waals surface area contributed by atoms with E-state index >= 15 is 0 Å². The number of amides is 4. The minimum atomic E-state index is -1.10. The quantitative estimate of drug-likeness (QED) is 0.169. The number of piperazine rings is 1. The Morgan fingerprint density at radius 2 is 1.53 bits per heavy atom. The molecule has 4 amide bonds. The molecule has 2 heterocycles. The molecule has 1 aromatic rings. The highest BCUT2D eigenvalue weighted by atomic mass is 16.5. The van der Waals surface area contributed by atoms with Crippen LogP contribution in [-0.2, 0) is 39.9 Å². The maximum absolute atomic E-state index is 14.4. The Labute approximate surface area is 341 Å². The molecule has 3 rings (SSSR count). The van der Waals surface area contributed by atoms with Crippen molar-refractivity contribution in [1.82, 2.24) is 30.2 Å². The van der Waals surface area contributed by atoms with E-state index in [4.69, 9.17) is 9.47 Å². The van der Waals surface area contributed by atoms with Gasteiger partial charge in [-0.15, -0.1) is 0 Å². The zero-order chi connectivity index (χ0) is 42.6. The number of ether oxygens (including phenoxy) is 2. The number of hydrogen-bond donors (Lipinski definition) is 3. The van der Waals surface area contributed by atoms with Crippen molar-refractivity contribution in [2.24, 2.45) is 23.7 Å². The average molecular weight is 801 g/mol. The van der Waals surface area contributed by atoms with Gasteiger partial charge in [0.25, 0.3) is 0 Å². The van der Waals surface area contributed by atoms with Gasteiger partial charge < -0.3 is 39.9 Å². The molecule has 0 spiro atoms. The lowest BCUT2D eigenvalue weighted by Gasteiger charge is -2.41. The first kappa shape index (κ1) is 47.8. The number of likely N-dealkylation sites (tertiary alicyclic amines) is 1. The van der Waals surface area contributed by atoms with E-state index in [0.717, 1.165) is 38.2 Å². The fourth-order valence-electron chi connectivity index (χ4n) is 8.82. The van der Waals surface area contributed by atoms with Gasteiger partial charge in [-0.3, -0.25) is 24.1 Å². The van der Waals surface area contributed by atoms with Gasteiger partial charge in [0, 0.05) is 67.5 Å². The number of nitrogens with zero attached hydrogens (tertiary/aromatic N) is 4. The lowest BCUT2D eigenvalue weighted by atomic mass is 9.89. The van der Waals surface area contributed by atoms with Gasteiger partial charge in [0.15, 0.2) is 0 Å². The van der Waals surface area contributed by atoms with Crippen molar-refractivity contribution in [1.29, 1.82) is 0 Å². The van der Waals surface area contributed by atoms with Crippen LogP contribution in [0.15, 0.2) is 30.3 Å². The molecule has 0 aromatic heterocycles. The molecule has 2 fully saturated rings. The van der Waals surface area contributed by atoms with Crippen LogP contribution in [0.4, 0.5) is 0 Å². The molecule has 1 aromatic carbocycles. The smallest absolute Gasteiger partial charge is 0.326 e. The molecule has 3 N–H and O–H groups in total. The van der Waals surface area contributed by atoms with Crippen LogP contribution in [0.5, 0.6) is 0 Å². The van der Waals surface area contributed by atoms with Crippen molar-refractivity contribution >= 4 is 29.6 Å². The molecule has 9 atom stereocenters. The van der Waals surface area contributed by atoms with Crippen molar-refractivity contribution in [3.8, 4) is 0 Å². The first-order valence-corrected chi connectivity index (χ1v) is 20.9. The topological polar surface area (TPSA) is 161 Å². The Morgan fingerprint density at radius 1 is 0.895 bits per heavy atom. The summed E-state index contributed by atoms with van der Waals surface area (Å²) in [5, 5.41) is 16.6. The minimum Gasteiger partial charge on any atom is -0.480 e. The van der Waals surface area contributed by atoms with Crippen LogP contribution in [0.25, 0.3) is 0 Å². The number of benzene rings is 1. The molecule has 0 aliphatic carbocycles. The molecule has 14 nitrogen and oxygen atoms in total. The van der Waals surface area contributed by atoms with E-state index in [1.54, 1.807) is 30.9 Å². The van der Waals surface area contributed by atoms with Gasteiger partial charge >= 0.3 is 5.97 Å². The summed E-state index contributed by atoms with van der Waals surface area (Å²) in [7, 11) is 6.31. The second kappa shape index (κ2) is 22.5. The van der Waals surface area contributed by atoms with Crippen molar-refractivity contribution in [3.63, 3.8) is 0 Å². The van der Waals surface area contributed by atoms with E-state index in [9.17, 15) is 29.1 Å². The molecular formula is C43H72N6O8. The monoisotopic (exact) mass is 801 g/mol. The van der Waals surface area contributed by atoms with Crippen molar-refractivity contribution < 1.29 is 38.6 Å². The molecule has 2 aliphatic rings. The van der Waals surface area contributed by atoms with Gasteiger partial charge in [0.1, 0.15) is 12.1 Å². The first-order chi connectivity index (χ1) is 27.0. The van der Waals surface area contributed by atoms with Crippen LogP contribution >= 0.6 is 0 Å². The molecule has 1 unspecified atom stereocenters. The van der Waals surface area contributed by atoms with Gasteiger partial charge in [-0.2, -0.15) is 0 Å². The second-order valence-corrected chi connectivity index (χ2v) is 16.8. The molecule has 322 valence electrons. The summed E-state index contributed by atoms with van der Waals surface area (Å²) in [4.78, 5) is 75.7. The summed E-state index contributed by atoms with van der Waals surface area (Å²) < 4.78 is 12.0. The SMILES string of the molecule is CC[C@H](C)[C@@H](C(CC(=O)N1CCC[C@H]1[C@H](OC)[C@@H](C)C(=O)N(C)[C@@H](Cc1ccccc1)C(=O)O)OC)N(C)C(=O)[C@@H](NC(=O)[C@H](C(C)C)N1CCNCC1)C(C)C. The third-order valence-corrected chi connectivity index (χ3v) is 12.3. The van der Waals surface area contributed by atoms with Gasteiger partial charge in [-0.05, 0) is 36.2 Å².